The number of imidazole rings is 2. The van der Waals surface area contributed by atoms with Crippen molar-refractivity contribution >= 4 is 0 Å². The quantitative estimate of drug-likeness (QED) is 0.274. The predicted octanol–water partition coefficient (Wildman–Crippen LogP) is -5.38. The zero-order valence-electron chi connectivity index (χ0n) is 13.7. The molecule has 0 N–H and O–H groups in total. The highest BCUT2D eigenvalue weighted by molar-refractivity contribution is 4.63. The van der Waals surface area contributed by atoms with Crippen LogP contribution in [0.3, 0.4) is 0 Å². The van der Waals surface area contributed by atoms with Crippen molar-refractivity contribution in [2.24, 2.45) is 14.1 Å². The molecule has 0 unspecified atom stereocenters. The van der Waals surface area contributed by atoms with Gasteiger partial charge < -0.3 is 57.4 Å². The molecular formula is C14H26I2N4O2. The molecule has 0 aliphatic carbocycles. The van der Waals surface area contributed by atoms with E-state index in [0.717, 1.165) is 13.2 Å². The Bertz CT molecular complexity index is 444. The van der Waals surface area contributed by atoms with Crippen molar-refractivity contribution in [2.45, 2.75) is 27.3 Å². The average Bonchev–Trinajstić information content (AvgIpc) is 3.03. The monoisotopic (exact) mass is 536 g/mol. The summed E-state index contributed by atoms with van der Waals surface area (Å²) in [4.78, 5) is 0. The van der Waals surface area contributed by atoms with Gasteiger partial charge in [0.2, 0.25) is 12.7 Å². The van der Waals surface area contributed by atoms with Crippen LogP contribution in [0.1, 0.15) is 13.8 Å². The van der Waals surface area contributed by atoms with E-state index < -0.39 is 0 Å². The molecule has 2 rings (SSSR count). The third kappa shape index (κ3) is 10.5. The number of aromatic nitrogens is 4. The van der Waals surface area contributed by atoms with Gasteiger partial charge in [-0.2, -0.15) is 0 Å². The molecular weight excluding hydrogens is 510 g/mol. The van der Waals surface area contributed by atoms with Gasteiger partial charge in [-0.25, -0.2) is 18.3 Å². The summed E-state index contributed by atoms with van der Waals surface area (Å²) in [6.07, 6.45) is 11.9. The van der Waals surface area contributed by atoms with E-state index in [1.54, 1.807) is 0 Å². The zero-order valence-corrected chi connectivity index (χ0v) is 18.0. The Morgan fingerprint density at radius 2 is 1.14 bits per heavy atom. The van der Waals surface area contributed by atoms with Crippen molar-refractivity contribution in [2.75, 3.05) is 13.2 Å². The Kier molecular flexibility index (Phi) is 15.7. The molecule has 22 heavy (non-hydrogen) atoms. The maximum absolute atomic E-state index is 5.18. The fourth-order valence-electron chi connectivity index (χ4n) is 1.55. The fourth-order valence-corrected chi connectivity index (χ4v) is 1.55. The third-order valence-electron chi connectivity index (χ3n) is 2.54. The van der Waals surface area contributed by atoms with Gasteiger partial charge in [0.15, 0.2) is 13.5 Å². The van der Waals surface area contributed by atoms with E-state index in [-0.39, 0.29) is 48.0 Å². The van der Waals surface area contributed by atoms with Crippen LogP contribution in [-0.4, -0.2) is 22.3 Å². The van der Waals surface area contributed by atoms with Crippen LogP contribution < -0.4 is 57.1 Å². The number of hydrogen-bond donors (Lipinski definition) is 0. The maximum atomic E-state index is 5.18. The predicted molar refractivity (Wildman–Crippen MR) is 74.5 cm³/mol. The smallest absolute Gasteiger partial charge is 0.245 e. The highest BCUT2D eigenvalue weighted by Crippen LogP contribution is 1.84. The molecule has 0 aliphatic heterocycles. The second-order valence-electron chi connectivity index (χ2n) is 4.43. The lowest BCUT2D eigenvalue weighted by atomic mass is 10.8. The molecule has 0 fully saturated rings. The van der Waals surface area contributed by atoms with Gasteiger partial charge in [0.25, 0.3) is 0 Å². The Morgan fingerprint density at radius 3 is 1.36 bits per heavy atom. The molecule has 128 valence electrons. The van der Waals surface area contributed by atoms with Crippen LogP contribution in [0, 0.1) is 0 Å². The van der Waals surface area contributed by atoms with Crippen LogP contribution in [0.25, 0.3) is 0 Å². The van der Waals surface area contributed by atoms with Crippen LogP contribution in [0.15, 0.2) is 37.4 Å². The zero-order chi connectivity index (χ0) is 14.8. The minimum absolute atomic E-state index is 0. The van der Waals surface area contributed by atoms with Gasteiger partial charge >= 0.3 is 0 Å². The molecule has 2 aromatic heterocycles. The van der Waals surface area contributed by atoms with Crippen molar-refractivity contribution in [3.8, 4) is 0 Å². The molecule has 2 aromatic rings. The summed E-state index contributed by atoms with van der Waals surface area (Å²) in [5.41, 5.74) is 0. The summed E-state index contributed by atoms with van der Waals surface area (Å²) in [5.74, 6) is 0. The lowest BCUT2D eigenvalue weighted by Crippen LogP contribution is -3.00. The molecule has 0 saturated carbocycles. The van der Waals surface area contributed by atoms with Crippen LogP contribution in [-0.2, 0) is 37.0 Å². The van der Waals surface area contributed by atoms with Crippen LogP contribution >= 0.6 is 0 Å². The van der Waals surface area contributed by atoms with Crippen molar-refractivity contribution < 1.29 is 66.6 Å². The first-order valence-electron chi connectivity index (χ1n) is 6.83. The van der Waals surface area contributed by atoms with Crippen LogP contribution in [0.5, 0.6) is 0 Å². The number of hydrogen-bond acceptors (Lipinski definition) is 2. The lowest BCUT2D eigenvalue weighted by molar-refractivity contribution is -0.671. The van der Waals surface area contributed by atoms with E-state index in [1.165, 1.54) is 0 Å². The molecule has 2 heterocycles. The normalized spacial score (nSPS) is 9.27. The molecule has 6 nitrogen and oxygen atoms in total. The van der Waals surface area contributed by atoms with Gasteiger partial charge in [-0.3, -0.25) is 0 Å². The van der Waals surface area contributed by atoms with Gasteiger partial charge in [0, 0.05) is 13.2 Å². The number of aryl methyl sites for hydroxylation is 2. The van der Waals surface area contributed by atoms with Crippen molar-refractivity contribution in [1.82, 2.24) is 9.13 Å². The average molecular weight is 536 g/mol. The standard InChI is InChI=1S/2C7H13N2O.2HI/c2*1-3-10-7-9-5-4-8(2)6-9;;/h2*4-6H,3,7H2,1-2H3;2*1H/q2*+1;;/p-2. The molecule has 0 aliphatic rings. The summed E-state index contributed by atoms with van der Waals surface area (Å²) in [6, 6.07) is 0. The number of nitrogens with zero attached hydrogens (tertiary/aromatic N) is 4. The minimum atomic E-state index is 0. The van der Waals surface area contributed by atoms with E-state index in [0.29, 0.717) is 13.5 Å². The molecule has 0 radical (unpaired) electrons. The third-order valence-corrected chi connectivity index (χ3v) is 2.54. The molecule has 0 amide bonds. The van der Waals surface area contributed by atoms with Crippen molar-refractivity contribution in [3.05, 3.63) is 37.4 Å². The Hall–Kier alpha value is -0.200. The summed E-state index contributed by atoms with van der Waals surface area (Å²) in [7, 11) is 3.98. The second-order valence-corrected chi connectivity index (χ2v) is 4.43. The lowest BCUT2D eigenvalue weighted by Gasteiger charge is -1.93. The highest BCUT2D eigenvalue weighted by atomic mass is 127. The SMILES string of the molecule is CCOCn1cc[n+](C)c1.CCOCn1cc[n+](C)c1.[I-].[I-]. The number of halogens is 2. The van der Waals surface area contributed by atoms with Crippen molar-refractivity contribution in [3.63, 3.8) is 0 Å². The first kappa shape index (κ1) is 24.1. The Labute approximate surface area is 167 Å². The van der Waals surface area contributed by atoms with E-state index in [1.807, 2.05) is 83.7 Å². The molecule has 0 aromatic carbocycles. The van der Waals surface area contributed by atoms with E-state index in [2.05, 4.69) is 0 Å². The number of rotatable bonds is 6. The minimum Gasteiger partial charge on any atom is -1.00 e. The van der Waals surface area contributed by atoms with Crippen LogP contribution in [0.2, 0.25) is 0 Å². The molecule has 0 saturated heterocycles. The van der Waals surface area contributed by atoms with Gasteiger partial charge in [-0.05, 0) is 13.8 Å². The van der Waals surface area contributed by atoms with E-state index >= 15 is 0 Å². The van der Waals surface area contributed by atoms with E-state index in [4.69, 9.17) is 9.47 Å². The van der Waals surface area contributed by atoms with Crippen molar-refractivity contribution in [1.29, 1.82) is 0 Å². The second kappa shape index (κ2) is 14.4. The summed E-state index contributed by atoms with van der Waals surface area (Å²) >= 11 is 0. The first-order valence-corrected chi connectivity index (χ1v) is 6.83. The number of ether oxygens (including phenoxy) is 2. The molecule has 0 bridgehead atoms. The molecule has 0 spiro atoms. The topological polar surface area (TPSA) is 36.1 Å². The van der Waals surface area contributed by atoms with Gasteiger partial charge in [-0.15, -0.1) is 0 Å². The Balaban J connectivity index is 0. The summed E-state index contributed by atoms with van der Waals surface area (Å²) in [6.45, 7) is 6.81. The maximum Gasteiger partial charge on any atom is 0.245 e. The van der Waals surface area contributed by atoms with Crippen LogP contribution in [0.4, 0.5) is 0 Å². The van der Waals surface area contributed by atoms with Gasteiger partial charge in [-0.1, -0.05) is 0 Å². The fraction of sp³-hybridized carbons (Fsp3) is 0.571. The highest BCUT2D eigenvalue weighted by Gasteiger charge is 1.97. The summed E-state index contributed by atoms with van der Waals surface area (Å²) in [5, 5.41) is 0. The first-order chi connectivity index (χ1) is 9.65. The van der Waals surface area contributed by atoms with Gasteiger partial charge in [0.05, 0.1) is 14.1 Å². The van der Waals surface area contributed by atoms with Gasteiger partial charge in [0.1, 0.15) is 24.8 Å². The largest absolute Gasteiger partial charge is 1.00 e. The Morgan fingerprint density at radius 1 is 0.773 bits per heavy atom. The molecule has 0 atom stereocenters. The molecule has 8 heteroatoms. The van der Waals surface area contributed by atoms with E-state index in [9.17, 15) is 0 Å². The summed E-state index contributed by atoms with van der Waals surface area (Å²) < 4.78 is 18.3.